The van der Waals surface area contributed by atoms with Gasteiger partial charge in [-0.3, -0.25) is 4.84 Å². The van der Waals surface area contributed by atoms with Crippen molar-refractivity contribution in [1.82, 2.24) is 9.79 Å². The number of hydrogen-bond donors (Lipinski definition) is 3. The molecule has 12 heteroatoms. The van der Waals surface area contributed by atoms with Crippen molar-refractivity contribution in [2.45, 2.75) is 74.1 Å². The number of carbonyl (C=O) groups excluding carboxylic acids is 1. The maximum atomic E-state index is 13.8. The van der Waals surface area contributed by atoms with E-state index in [0.717, 1.165) is 42.1 Å². The summed E-state index contributed by atoms with van der Waals surface area (Å²) in [4.78, 5) is 19.1. The second-order valence-corrected chi connectivity index (χ2v) is 12.6. The highest BCUT2D eigenvalue weighted by atomic mass is 32.2. The molecule has 3 fully saturated rings. The number of ether oxygens (including phenoxy) is 3. The molecule has 0 spiro atoms. The first-order valence-corrected chi connectivity index (χ1v) is 15.7. The SMILES string of the molecule is CNc1cccc(S(=O)(=O)N(CC(O)C(Cc2ccccc2)NC(=O)O[C@H]2CO[C@H]3OCC[C@H]32)OC2CCCC2)c1. The summed E-state index contributed by atoms with van der Waals surface area (Å²) in [6.45, 7) is 0.405. The van der Waals surface area contributed by atoms with Crippen molar-refractivity contribution in [3.63, 3.8) is 0 Å². The second-order valence-electron chi connectivity index (χ2n) is 10.8. The van der Waals surface area contributed by atoms with Gasteiger partial charge in [0, 0.05) is 12.7 Å². The molecule has 1 aliphatic carbocycles. The number of rotatable bonds is 12. The van der Waals surface area contributed by atoms with Gasteiger partial charge in [-0.2, -0.15) is 0 Å². The van der Waals surface area contributed by atoms with Crippen LogP contribution in [0.1, 0.15) is 37.7 Å². The van der Waals surface area contributed by atoms with Crippen LogP contribution < -0.4 is 10.6 Å². The van der Waals surface area contributed by atoms with Crippen molar-refractivity contribution in [2.75, 3.05) is 32.1 Å². The van der Waals surface area contributed by atoms with Crippen LogP contribution in [-0.2, 0) is 35.5 Å². The van der Waals surface area contributed by atoms with Crippen LogP contribution in [0.2, 0.25) is 0 Å². The van der Waals surface area contributed by atoms with Gasteiger partial charge in [0.25, 0.3) is 10.0 Å². The molecule has 2 aromatic carbocycles. The maximum absolute atomic E-state index is 13.8. The van der Waals surface area contributed by atoms with Crippen LogP contribution in [0.4, 0.5) is 10.5 Å². The number of alkyl carbamates (subject to hydrolysis) is 1. The van der Waals surface area contributed by atoms with E-state index in [1.54, 1.807) is 19.2 Å². The van der Waals surface area contributed by atoms with Crippen molar-refractivity contribution < 1.29 is 37.4 Å². The number of hydroxylamine groups is 1. The molecule has 0 bridgehead atoms. The summed E-state index contributed by atoms with van der Waals surface area (Å²) in [7, 11) is -2.44. The highest BCUT2D eigenvalue weighted by molar-refractivity contribution is 7.89. The molecule has 2 aromatic rings. The smallest absolute Gasteiger partial charge is 0.407 e. The lowest BCUT2D eigenvalue weighted by molar-refractivity contribution is -0.145. The largest absolute Gasteiger partial charge is 0.443 e. The minimum Gasteiger partial charge on any atom is -0.443 e. The third kappa shape index (κ3) is 7.37. The van der Waals surface area contributed by atoms with Crippen LogP contribution in [0.5, 0.6) is 0 Å². The molecule has 5 atom stereocenters. The normalized spacial score (nSPS) is 24.2. The maximum Gasteiger partial charge on any atom is 0.407 e. The van der Waals surface area contributed by atoms with Gasteiger partial charge < -0.3 is 30.0 Å². The van der Waals surface area contributed by atoms with E-state index in [4.69, 9.17) is 19.0 Å². The van der Waals surface area contributed by atoms with Crippen LogP contribution in [-0.4, -0.2) is 81.5 Å². The molecular weight excluding hydrogens is 550 g/mol. The number of hydrogen-bond acceptors (Lipinski definition) is 9. The monoisotopic (exact) mass is 589 g/mol. The third-order valence-corrected chi connectivity index (χ3v) is 9.52. The molecule has 0 aromatic heterocycles. The summed E-state index contributed by atoms with van der Waals surface area (Å²) in [6.07, 6.45) is 1.20. The summed E-state index contributed by atoms with van der Waals surface area (Å²) >= 11 is 0. The standard InChI is InChI=1S/C29H39N3O8S/c1-30-21-10-7-13-23(17-21)41(35,36)32(40-22-11-5-6-12-22)18-26(33)25(16-20-8-3-2-4-9-20)31-29(34)39-27-19-38-28-24(27)14-15-37-28/h2-4,7-10,13,17,22,24-28,30,33H,5-6,11-12,14-16,18-19H2,1H3,(H,31,34)/t24-,25?,26?,27-,28+/m0/s1. The molecule has 5 rings (SSSR count). The molecule has 41 heavy (non-hydrogen) atoms. The molecule has 2 unspecified atom stereocenters. The average Bonchev–Trinajstić information content (AvgIpc) is 3.74. The lowest BCUT2D eigenvalue weighted by Gasteiger charge is -2.31. The van der Waals surface area contributed by atoms with Gasteiger partial charge in [0.15, 0.2) is 6.29 Å². The number of nitrogens with one attached hydrogen (secondary N) is 2. The van der Waals surface area contributed by atoms with Crippen molar-refractivity contribution >= 4 is 21.8 Å². The van der Waals surface area contributed by atoms with E-state index in [2.05, 4.69) is 10.6 Å². The first-order valence-electron chi connectivity index (χ1n) is 14.2. The van der Waals surface area contributed by atoms with E-state index in [-0.39, 0.29) is 42.8 Å². The quantitative estimate of drug-likeness (QED) is 0.319. The van der Waals surface area contributed by atoms with Crippen molar-refractivity contribution in [2.24, 2.45) is 5.92 Å². The van der Waals surface area contributed by atoms with Gasteiger partial charge in [-0.15, -0.1) is 0 Å². The van der Waals surface area contributed by atoms with Gasteiger partial charge >= 0.3 is 6.09 Å². The van der Waals surface area contributed by atoms with Crippen LogP contribution in [0.15, 0.2) is 59.5 Å². The van der Waals surface area contributed by atoms with E-state index in [1.807, 2.05) is 30.3 Å². The zero-order valence-corrected chi connectivity index (χ0v) is 24.0. The zero-order valence-electron chi connectivity index (χ0n) is 23.2. The minimum absolute atomic E-state index is 0.0351. The average molecular weight is 590 g/mol. The Morgan fingerprint density at radius 3 is 2.63 bits per heavy atom. The molecule has 2 saturated heterocycles. The Morgan fingerprint density at radius 2 is 1.88 bits per heavy atom. The molecule has 2 aliphatic heterocycles. The topological polar surface area (TPSA) is 136 Å². The Balaban J connectivity index is 1.34. The van der Waals surface area contributed by atoms with Gasteiger partial charge in [-0.1, -0.05) is 53.7 Å². The zero-order chi connectivity index (χ0) is 28.8. The van der Waals surface area contributed by atoms with Crippen LogP contribution in [0, 0.1) is 5.92 Å². The summed E-state index contributed by atoms with van der Waals surface area (Å²) in [5.41, 5.74) is 1.49. The van der Waals surface area contributed by atoms with Crippen molar-refractivity contribution in [1.29, 1.82) is 0 Å². The molecule has 11 nitrogen and oxygen atoms in total. The minimum atomic E-state index is -4.14. The predicted molar refractivity (Wildman–Crippen MR) is 150 cm³/mol. The van der Waals surface area contributed by atoms with Crippen LogP contribution >= 0.6 is 0 Å². The Bertz CT molecular complexity index is 1260. The Hall–Kier alpha value is -2.74. The molecule has 2 heterocycles. The van der Waals surface area contributed by atoms with E-state index in [0.29, 0.717) is 12.3 Å². The van der Waals surface area contributed by atoms with Gasteiger partial charge in [-0.05, 0) is 49.4 Å². The summed E-state index contributed by atoms with van der Waals surface area (Å²) in [5.74, 6) is -0.0351. The Labute approximate surface area is 241 Å². The first kappa shape index (κ1) is 29.7. The van der Waals surface area contributed by atoms with Gasteiger partial charge in [-0.25, -0.2) is 13.2 Å². The number of carbonyl (C=O) groups is 1. The number of anilines is 1. The fourth-order valence-corrected chi connectivity index (χ4v) is 6.93. The first-order chi connectivity index (χ1) is 19.8. The van der Waals surface area contributed by atoms with E-state index in [9.17, 15) is 18.3 Å². The molecule has 1 saturated carbocycles. The van der Waals surface area contributed by atoms with Crippen LogP contribution in [0.25, 0.3) is 0 Å². The van der Waals surface area contributed by atoms with E-state index < -0.39 is 34.4 Å². The highest BCUT2D eigenvalue weighted by Crippen LogP contribution is 2.33. The van der Waals surface area contributed by atoms with E-state index >= 15 is 0 Å². The fraction of sp³-hybridized carbons (Fsp3) is 0.552. The highest BCUT2D eigenvalue weighted by Gasteiger charge is 2.44. The third-order valence-electron chi connectivity index (χ3n) is 7.90. The Kier molecular flexibility index (Phi) is 9.79. The predicted octanol–water partition coefficient (Wildman–Crippen LogP) is 3.05. The number of aliphatic hydroxyl groups is 1. The summed E-state index contributed by atoms with van der Waals surface area (Å²) in [5, 5.41) is 17.2. The van der Waals surface area contributed by atoms with Gasteiger partial charge in [0.1, 0.15) is 6.10 Å². The number of sulfonamides is 1. The number of benzene rings is 2. The fourth-order valence-electron chi connectivity index (χ4n) is 5.59. The molecule has 3 N–H and O–H groups in total. The summed E-state index contributed by atoms with van der Waals surface area (Å²) < 4.78 is 45.2. The lowest BCUT2D eigenvalue weighted by Crippen LogP contribution is -2.51. The molecule has 224 valence electrons. The molecule has 3 aliphatic rings. The number of aliphatic hydroxyl groups excluding tert-OH is 1. The lowest BCUT2D eigenvalue weighted by atomic mass is 10.0. The Morgan fingerprint density at radius 1 is 1.10 bits per heavy atom. The van der Waals surface area contributed by atoms with Gasteiger partial charge in [0.05, 0.1) is 48.8 Å². The van der Waals surface area contributed by atoms with Gasteiger partial charge in [0.2, 0.25) is 0 Å². The molecular formula is C29H39N3O8S. The number of fused-ring (bicyclic) bond motifs is 1. The van der Waals surface area contributed by atoms with Crippen molar-refractivity contribution in [3.05, 3.63) is 60.2 Å². The molecule has 0 radical (unpaired) electrons. The molecule has 1 amide bonds. The van der Waals surface area contributed by atoms with Crippen molar-refractivity contribution in [3.8, 4) is 0 Å². The summed E-state index contributed by atoms with van der Waals surface area (Å²) in [6, 6.07) is 14.9. The second kappa shape index (κ2) is 13.5. The number of nitrogens with zero attached hydrogens (tertiary/aromatic N) is 1. The van der Waals surface area contributed by atoms with Crippen LogP contribution in [0.3, 0.4) is 0 Å². The number of amides is 1. The van der Waals surface area contributed by atoms with E-state index in [1.165, 1.54) is 12.1 Å².